The van der Waals surface area contributed by atoms with Gasteiger partial charge in [0.1, 0.15) is 23.4 Å². The number of carbonyl (C=O) groups excluding carboxylic acids is 4. The highest BCUT2D eigenvalue weighted by Crippen LogP contribution is 2.28. The summed E-state index contributed by atoms with van der Waals surface area (Å²) < 4.78 is 10.5. The van der Waals surface area contributed by atoms with Crippen LogP contribution in [0.25, 0.3) is 0 Å². The molecule has 0 saturated heterocycles. The monoisotopic (exact) mass is 556 g/mol. The van der Waals surface area contributed by atoms with E-state index in [0.717, 1.165) is 11.1 Å². The van der Waals surface area contributed by atoms with Crippen molar-refractivity contribution in [2.45, 2.75) is 65.1 Å². The Hall–Kier alpha value is -4.12. The summed E-state index contributed by atoms with van der Waals surface area (Å²) in [5.74, 6) is -1.28. The first-order valence-electron chi connectivity index (χ1n) is 13.0. The third-order valence-electron chi connectivity index (χ3n) is 5.93. The number of hydrogen-bond acceptors (Lipinski definition) is 7. The third-order valence-corrected chi connectivity index (χ3v) is 5.93. The molecule has 0 aliphatic carbocycles. The molecule has 40 heavy (non-hydrogen) atoms. The van der Waals surface area contributed by atoms with Gasteiger partial charge in [-0.1, -0.05) is 23.8 Å². The number of aryl methyl sites for hydroxylation is 2. The molecule has 218 valence electrons. The standard InChI is InChI=1S/C29H40N4O7/c1-18-7-12-22(19(2)17-18)25(26(36)31-20-8-10-21(39-6)11-9-20)33(15-16-34)27(37)23(13-14-24(30)35)32-28(38)40-29(3,4)5/h7-12,17,23,25,34H,13-16H2,1-6H3,(H2,30,35)(H,31,36)(H,32,38). The van der Waals surface area contributed by atoms with Gasteiger partial charge in [0.25, 0.3) is 5.91 Å². The quantitative estimate of drug-likeness (QED) is 0.313. The van der Waals surface area contributed by atoms with Crippen LogP contribution in [-0.2, 0) is 19.1 Å². The lowest BCUT2D eigenvalue weighted by Gasteiger charge is -2.34. The molecular weight excluding hydrogens is 516 g/mol. The number of nitrogens with zero attached hydrogens (tertiary/aromatic N) is 1. The predicted octanol–water partition coefficient (Wildman–Crippen LogP) is 2.97. The second-order valence-corrected chi connectivity index (χ2v) is 10.4. The first-order chi connectivity index (χ1) is 18.7. The second kappa shape index (κ2) is 14.3. The van der Waals surface area contributed by atoms with Gasteiger partial charge in [0.2, 0.25) is 11.8 Å². The number of hydrogen-bond donors (Lipinski definition) is 4. The fraction of sp³-hybridized carbons (Fsp3) is 0.448. The summed E-state index contributed by atoms with van der Waals surface area (Å²) in [5, 5.41) is 15.3. The number of amides is 4. The molecule has 2 aromatic rings. The first kappa shape index (κ1) is 32.1. The van der Waals surface area contributed by atoms with Gasteiger partial charge in [-0.05, 0) is 76.4 Å². The van der Waals surface area contributed by atoms with E-state index in [0.29, 0.717) is 17.0 Å². The van der Waals surface area contributed by atoms with E-state index >= 15 is 0 Å². The van der Waals surface area contributed by atoms with E-state index in [9.17, 15) is 24.3 Å². The van der Waals surface area contributed by atoms with Gasteiger partial charge in [-0.3, -0.25) is 14.4 Å². The van der Waals surface area contributed by atoms with E-state index < -0.39 is 48.1 Å². The van der Waals surface area contributed by atoms with Gasteiger partial charge in [0.05, 0.1) is 13.7 Å². The topological polar surface area (TPSA) is 160 Å². The maximum Gasteiger partial charge on any atom is 0.408 e. The molecule has 11 heteroatoms. The number of primary amides is 1. The average Bonchev–Trinajstić information content (AvgIpc) is 2.86. The molecular formula is C29H40N4O7. The molecule has 0 radical (unpaired) electrons. The summed E-state index contributed by atoms with van der Waals surface area (Å²) in [7, 11) is 1.53. The number of nitrogens with two attached hydrogens (primary N) is 1. The van der Waals surface area contributed by atoms with Crippen molar-refractivity contribution in [3.8, 4) is 5.75 Å². The number of alkyl carbamates (subject to hydrolysis) is 1. The molecule has 0 fully saturated rings. The first-order valence-corrected chi connectivity index (χ1v) is 13.0. The zero-order valence-electron chi connectivity index (χ0n) is 23.9. The molecule has 11 nitrogen and oxygen atoms in total. The van der Waals surface area contributed by atoms with Crippen LogP contribution in [0.4, 0.5) is 10.5 Å². The van der Waals surface area contributed by atoms with Crippen LogP contribution >= 0.6 is 0 Å². The van der Waals surface area contributed by atoms with Gasteiger partial charge in [0, 0.05) is 18.7 Å². The molecule has 2 aromatic carbocycles. The number of rotatable bonds is 12. The van der Waals surface area contributed by atoms with Crippen molar-refractivity contribution in [3.63, 3.8) is 0 Å². The molecule has 2 atom stereocenters. The lowest BCUT2D eigenvalue weighted by atomic mass is 9.96. The highest BCUT2D eigenvalue weighted by atomic mass is 16.6. The minimum absolute atomic E-state index is 0.130. The van der Waals surface area contributed by atoms with Crippen molar-refractivity contribution >= 4 is 29.5 Å². The molecule has 0 aromatic heterocycles. The normalized spacial score (nSPS) is 12.6. The van der Waals surface area contributed by atoms with Gasteiger partial charge < -0.3 is 35.8 Å². The van der Waals surface area contributed by atoms with E-state index in [1.807, 2.05) is 26.0 Å². The van der Waals surface area contributed by atoms with Crippen LogP contribution in [0.3, 0.4) is 0 Å². The van der Waals surface area contributed by atoms with Gasteiger partial charge in [0.15, 0.2) is 0 Å². The zero-order valence-corrected chi connectivity index (χ0v) is 23.9. The Morgan fingerprint density at radius 2 is 1.70 bits per heavy atom. The van der Waals surface area contributed by atoms with Crippen LogP contribution in [0.15, 0.2) is 42.5 Å². The summed E-state index contributed by atoms with van der Waals surface area (Å²) in [5.41, 5.74) is 7.19. The number of carbonyl (C=O) groups is 4. The molecule has 0 bridgehead atoms. The maximum atomic E-state index is 14.0. The molecule has 0 heterocycles. The van der Waals surface area contributed by atoms with Gasteiger partial charge in [-0.15, -0.1) is 0 Å². The van der Waals surface area contributed by atoms with Gasteiger partial charge >= 0.3 is 6.09 Å². The smallest absolute Gasteiger partial charge is 0.408 e. The van der Waals surface area contributed by atoms with E-state index in [4.69, 9.17) is 15.2 Å². The minimum atomic E-state index is -1.25. The summed E-state index contributed by atoms with van der Waals surface area (Å²) in [6.45, 7) is 8.05. The highest BCUT2D eigenvalue weighted by molar-refractivity contribution is 5.99. The number of ether oxygens (including phenoxy) is 2. The fourth-order valence-corrected chi connectivity index (χ4v) is 4.14. The van der Waals surface area contributed by atoms with E-state index in [1.54, 1.807) is 51.1 Å². The Morgan fingerprint density at radius 1 is 1.05 bits per heavy atom. The Morgan fingerprint density at radius 3 is 2.23 bits per heavy atom. The van der Waals surface area contributed by atoms with Crippen LogP contribution in [0.1, 0.15) is 56.3 Å². The largest absolute Gasteiger partial charge is 0.497 e. The molecule has 4 amide bonds. The summed E-state index contributed by atoms with van der Waals surface area (Å²) in [6, 6.07) is 9.71. The molecule has 2 unspecified atom stereocenters. The van der Waals surface area contributed by atoms with Crippen molar-refractivity contribution in [3.05, 3.63) is 59.2 Å². The predicted molar refractivity (Wildman–Crippen MR) is 151 cm³/mol. The van der Waals surface area contributed by atoms with Gasteiger partial charge in [-0.25, -0.2) is 4.79 Å². The summed E-state index contributed by atoms with van der Waals surface area (Å²) in [4.78, 5) is 53.2. The van der Waals surface area contributed by atoms with E-state index in [-0.39, 0.29) is 19.4 Å². The number of methoxy groups -OCH3 is 1. The molecule has 0 spiro atoms. The Balaban J connectivity index is 2.53. The van der Waals surface area contributed by atoms with Crippen molar-refractivity contribution in [2.24, 2.45) is 5.73 Å². The molecule has 0 aliphatic heterocycles. The van der Waals surface area contributed by atoms with Crippen molar-refractivity contribution in [1.29, 1.82) is 0 Å². The number of anilines is 1. The Bertz CT molecular complexity index is 1190. The Kier molecular flexibility index (Phi) is 11.5. The fourth-order valence-electron chi connectivity index (χ4n) is 4.14. The number of aliphatic hydroxyl groups excluding tert-OH is 1. The summed E-state index contributed by atoms with van der Waals surface area (Å²) in [6.07, 6.45) is -1.20. The lowest BCUT2D eigenvalue weighted by molar-refractivity contribution is -0.141. The van der Waals surface area contributed by atoms with Crippen LogP contribution in [-0.4, -0.2) is 65.7 Å². The van der Waals surface area contributed by atoms with E-state index in [1.165, 1.54) is 12.0 Å². The average molecular weight is 557 g/mol. The number of aliphatic hydroxyl groups is 1. The molecule has 2 rings (SSSR count). The van der Waals surface area contributed by atoms with Gasteiger partial charge in [-0.2, -0.15) is 0 Å². The minimum Gasteiger partial charge on any atom is -0.497 e. The Labute approximate surface area is 235 Å². The zero-order chi connectivity index (χ0) is 30.0. The van der Waals surface area contributed by atoms with Crippen molar-refractivity contribution in [1.82, 2.24) is 10.2 Å². The molecule has 5 N–H and O–H groups in total. The SMILES string of the molecule is COc1ccc(NC(=O)C(c2ccc(C)cc2C)N(CCO)C(=O)C(CCC(N)=O)NC(=O)OC(C)(C)C)cc1. The maximum absolute atomic E-state index is 14.0. The number of nitrogens with one attached hydrogen (secondary N) is 2. The third kappa shape index (κ3) is 9.57. The van der Waals surface area contributed by atoms with E-state index in [2.05, 4.69) is 10.6 Å². The molecule has 0 aliphatic rings. The van der Waals surface area contributed by atoms with Crippen LogP contribution in [0.5, 0.6) is 5.75 Å². The highest BCUT2D eigenvalue weighted by Gasteiger charge is 2.37. The summed E-state index contributed by atoms with van der Waals surface area (Å²) >= 11 is 0. The van der Waals surface area contributed by atoms with Crippen molar-refractivity contribution in [2.75, 3.05) is 25.6 Å². The number of benzene rings is 2. The van der Waals surface area contributed by atoms with Crippen LogP contribution in [0.2, 0.25) is 0 Å². The van der Waals surface area contributed by atoms with Crippen LogP contribution in [0, 0.1) is 13.8 Å². The molecule has 0 saturated carbocycles. The lowest BCUT2D eigenvalue weighted by Crippen LogP contribution is -2.53. The van der Waals surface area contributed by atoms with Crippen molar-refractivity contribution < 1.29 is 33.8 Å². The second-order valence-electron chi connectivity index (χ2n) is 10.4. The van der Waals surface area contributed by atoms with Crippen LogP contribution < -0.4 is 21.1 Å².